The summed E-state index contributed by atoms with van der Waals surface area (Å²) in [5, 5.41) is 0. The van der Waals surface area contributed by atoms with Crippen LogP contribution in [-0.4, -0.2) is 33.5 Å². The molecule has 0 aliphatic heterocycles. The third-order valence-corrected chi connectivity index (χ3v) is 0. The molecule has 0 unspecified atom stereocenters. The van der Waals surface area contributed by atoms with E-state index in [0.29, 0.717) is 4.39 Å². The molecule has 5 heavy (non-hydrogen) atoms. The van der Waals surface area contributed by atoms with E-state index < -0.39 is 0 Å². The van der Waals surface area contributed by atoms with Gasteiger partial charge in [0.2, 0.25) is 0 Å². The second kappa shape index (κ2) is 1.01. The molecule has 0 aliphatic rings. The maximum atomic E-state index is 5.29. The Morgan fingerprint density at radius 3 is 1.20 bits per heavy atom. The van der Waals surface area contributed by atoms with Crippen molar-refractivity contribution in [2.75, 3.05) is 21.1 Å². The quantitative estimate of drug-likeness (QED) is 0.345. The van der Waals surface area contributed by atoms with Gasteiger partial charge in [-0.05, 0) is 0 Å². The minimum atomic E-state index is 0.500. The van der Waals surface area contributed by atoms with E-state index in [-0.39, 0.29) is 0 Å². The molecule has 0 bridgehead atoms. The molecule has 2 heteroatoms. The van der Waals surface area contributed by atoms with Crippen LogP contribution >= 0.6 is 0 Å². The lowest BCUT2D eigenvalue weighted by molar-refractivity contribution is -0.749. The lowest BCUT2D eigenvalue weighted by atomic mass is 10.3. The molecule has 2 radical (unpaired) electrons. The van der Waals surface area contributed by atoms with Crippen molar-refractivity contribution in [2.24, 2.45) is 0 Å². The maximum Gasteiger partial charge on any atom is 0.480 e. The Kier molecular flexibility index (Phi) is 1.02. The van der Waals surface area contributed by atoms with Gasteiger partial charge in [-0.1, -0.05) is 0 Å². The normalized spacial score (nSPS) is 11.8. The van der Waals surface area contributed by atoms with E-state index in [4.69, 9.17) is 7.98 Å². The van der Waals surface area contributed by atoms with E-state index in [0.717, 1.165) is 0 Å². The Balaban J connectivity index is 3.02. The van der Waals surface area contributed by atoms with Crippen LogP contribution in [0.5, 0.6) is 0 Å². The summed E-state index contributed by atoms with van der Waals surface area (Å²) in [4.78, 5) is 0. The molecule has 0 amide bonds. The van der Waals surface area contributed by atoms with Crippen molar-refractivity contribution in [3.63, 3.8) is 0 Å². The SMILES string of the molecule is [B][N+](C)(C)C. The van der Waals surface area contributed by atoms with Gasteiger partial charge in [-0.3, -0.25) is 0 Å². The van der Waals surface area contributed by atoms with Crippen LogP contribution < -0.4 is 0 Å². The fraction of sp³-hybridized carbons (Fsp3) is 1.00. The molecule has 0 fully saturated rings. The zero-order chi connectivity index (χ0) is 4.50. The molecule has 0 N–H and O–H groups in total. The van der Waals surface area contributed by atoms with Gasteiger partial charge >= 0.3 is 7.98 Å². The molecule has 0 aromatic carbocycles. The van der Waals surface area contributed by atoms with Crippen LogP contribution in [0.2, 0.25) is 0 Å². The summed E-state index contributed by atoms with van der Waals surface area (Å²) >= 11 is 0. The van der Waals surface area contributed by atoms with Crippen molar-refractivity contribution in [3.8, 4) is 0 Å². The molecule has 28 valence electrons. The van der Waals surface area contributed by atoms with Crippen LogP contribution in [0.4, 0.5) is 0 Å². The molecule has 1 nitrogen and oxygen atoms in total. The number of quaternary nitrogens is 1. The van der Waals surface area contributed by atoms with E-state index in [1.807, 2.05) is 21.1 Å². The maximum absolute atomic E-state index is 5.29. The molecule has 0 rings (SSSR count). The predicted molar refractivity (Wildman–Crippen MR) is 23.8 cm³/mol. The van der Waals surface area contributed by atoms with Gasteiger partial charge in [-0.25, -0.2) is 0 Å². The van der Waals surface area contributed by atoms with E-state index in [1.165, 1.54) is 0 Å². The number of hydrogen-bond donors (Lipinski definition) is 0. The smallest absolute Gasteiger partial charge is 0.404 e. The van der Waals surface area contributed by atoms with Gasteiger partial charge < -0.3 is 4.39 Å². The first-order valence-electron chi connectivity index (χ1n) is 1.60. The standard InChI is InChI=1S/C3H9BN/c1-5(2,3)4/h1-3H3/q+1. The van der Waals surface area contributed by atoms with Crippen molar-refractivity contribution < 1.29 is 4.39 Å². The van der Waals surface area contributed by atoms with Crippen LogP contribution in [0.25, 0.3) is 0 Å². The highest BCUT2D eigenvalue weighted by atomic mass is 15.2. The Hall–Kier alpha value is 0.0249. The van der Waals surface area contributed by atoms with Gasteiger partial charge in [0.1, 0.15) is 0 Å². The minimum Gasteiger partial charge on any atom is -0.404 e. The van der Waals surface area contributed by atoms with Crippen LogP contribution in [0, 0.1) is 0 Å². The summed E-state index contributed by atoms with van der Waals surface area (Å²) in [5.41, 5.74) is 0. The first-order chi connectivity index (χ1) is 2.00. The minimum absolute atomic E-state index is 0.500. The first-order valence-corrected chi connectivity index (χ1v) is 1.60. The summed E-state index contributed by atoms with van der Waals surface area (Å²) in [6.45, 7) is 0. The summed E-state index contributed by atoms with van der Waals surface area (Å²) < 4.78 is 0.500. The summed E-state index contributed by atoms with van der Waals surface area (Å²) in [6, 6.07) is 0. The highest BCUT2D eigenvalue weighted by Gasteiger charge is 1.91. The first kappa shape index (κ1) is 5.02. The largest absolute Gasteiger partial charge is 0.480 e. The van der Waals surface area contributed by atoms with Crippen LogP contribution in [0.3, 0.4) is 0 Å². The molecular weight excluding hydrogens is 60.9 g/mol. The van der Waals surface area contributed by atoms with Crippen molar-refractivity contribution in [1.82, 2.24) is 0 Å². The van der Waals surface area contributed by atoms with Gasteiger partial charge in [0.05, 0.1) is 0 Å². The lowest BCUT2D eigenvalue weighted by Gasteiger charge is -2.15. The Morgan fingerprint density at radius 1 is 1.20 bits per heavy atom. The monoisotopic (exact) mass is 70.1 g/mol. The second-order valence-corrected chi connectivity index (χ2v) is 2.12. The van der Waals surface area contributed by atoms with Crippen LogP contribution in [0.15, 0.2) is 0 Å². The molecule has 0 heterocycles. The molecule has 0 saturated carbocycles. The second-order valence-electron chi connectivity index (χ2n) is 2.12. The summed E-state index contributed by atoms with van der Waals surface area (Å²) in [6.07, 6.45) is 0. The van der Waals surface area contributed by atoms with Crippen LogP contribution in [-0.2, 0) is 0 Å². The molecule has 0 atom stereocenters. The Morgan fingerprint density at radius 2 is 1.20 bits per heavy atom. The third kappa shape index (κ3) is 26500. The highest BCUT2D eigenvalue weighted by molar-refractivity contribution is 5.96. The van der Waals surface area contributed by atoms with E-state index in [2.05, 4.69) is 0 Å². The zero-order valence-electron chi connectivity index (χ0n) is 4.02. The topological polar surface area (TPSA) is 0 Å². The summed E-state index contributed by atoms with van der Waals surface area (Å²) in [7, 11) is 11.0. The average Bonchev–Trinajstić information content (AvgIpc) is 0.722. The molecule has 0 saturated heterocycles. The molecule has 0 aliphatic carbocycles. The fourth-order valence-corrected chi connectivity index (χ4v) is 0. The van der Waals surface area contributed by atoms with E-state index >= 15 is 0 Å². The predicted octanol–water partition coefficient (Wildman–Crippen LogP) is -0.224. The van der Waals surface area contributed by atoms with E-state index in [9.17, 15) is 0 Å². The molecule has 0 spiro atoms. The van der Waals surface area contributed by atoms with Gasteiger partial charge in [0.15, 0.2) is 0 Å². The summed E-state index contributed by atoms with van der Waals surface area (Å²) in [5.74, 6) is 0. The number of hydrogen-bond acceptors (Lipinski definition) is 0. The third-order valence-electron chi connectivity index (χ3n) is 0. The van der Waals surface area contributed by atoms with Crippen molar-refractivity contribution in [2.45, 2.75) is 0 Å². The number of rotatable bonds is 0. The van der Waals surface area contributed by atoms with Crippen molar-refractivity contribution >= 4 is 7.98 Å². The lowest BCUT2D eigenvalue weighted by Crippen LogP contribution is -2.29. The molecule has 0 aromatic heterocycles. The molecule has 0 aromatic rings. The van der Waals surface area contributed by atoms with Crippen molar-refractivity contribution in [1.29, 1.82) is 0 Å². The average molecular weight is 69.9 g/mol. The van der Waals surface area contributed by atoms with Crippen LogP contribution in [0.1, 0.15) is 0 Å². The van der Waals surface area contributed by atoms with Gasteiger partial charge in [-0.2, -0.15) is 0 Å². The number of nitrogens with zero attached hydrogens (tertiary/aromatic N) is 1. The zero-order valence-corrected chi connectivity index (χ0v) is 4.02. The Bertz CT molecular complexity index is 22.4. The van der Waals surface area contributed by atoms with Gasteiger partial charge in [0.25, 0.3) is 0 Å². The van der Waals surface area contributed by atoms with Gasteiger partial charge in [0, 0.05) is 21.1 Å². The Labute approximate surface area is 34.6 Å². The fourth-order valence-electron chi connectivity index (χ4n) is 0. The molecular formula is C3H9BN+. The van der Waals surface area contributed by atoms with Crippen molar-refractivity contribution in [3.05, 3.63) is 0 Å². The van der Waals surface area contributed by atoms with Gasteiger partial charge in [-0.15, -0.1) is 0 Å². The highest BCUT2D eigenvalue weighted by Crippen LogP contribution is 1.71. The van der Waals surface area contributed by atoms with E-state index in [1.54, 1.807) is 0 Å².